The van der Waals surface area contributed by atoms with Crippen LogP contribution in [0, 0.1) is 11.8 Å². The number of rotatable bonds is 4. The lowest BCUT2D eigenvalue weighted by Gasteiger charge is -2.34. The summed E-state index contributed by atoms with van der Waals surface area (Å²) in [6.07, 6.45) is 3.12. The Hall–Kier alpha value is -1.71. The van der Waals surface area contributed by atoms with Gasteiger partial charge in [0.2, 0.25) is 5.91 Å². The maximum atomic E-state index is 12.0. The Bertz CT molecular complexity index is 492. The van der Waals surface area contributed by atoms with E-state index in [0.717, 1.165) is 38.1 Å². The molecule has 3 rings (SSSR count). The number of nitrogens with one attached hydrogen (secondary N) is 1. The Labute approximate surface area is 126 Å². The fourth-order valence-electron chi connectivity index (χ4n) is 3.07. The smallest absolute Gasteiger partial charge is 0.223 e. The molecular formula is C17H24N2O2. The van der Waals surface area contributed by atoms with Crippen LogP contribution in [0.3, 0.4) is 0 Å². The van der Waals surface area contributed by atoms with Crippen molar-refractivity contribution in [2.24, 2.45) is 11.8 Å². The summed E-state index contributed by atoms with van der Waals surface area (Å²) in [6, 6.07) is 8.54. The van der Waals surface area contributed by atoms with Crippen molar-refractivity contribution < 1.29 is 9.53 Å². The summed E-state index contributed by atoms with van der Waals surface area (Å²) in [5, 5.41) is 3.22. The maximum Gasteiger partial charge on any atom is 0.223 e. The molecule has 2 aliphatic rings. The zero-order valence-corrected chi connectivity index (χ0v) is 12.8. The molecule has 2 atom stereocenters. The van der Waals surface area contributed by atoms with Gasteiger partial charge >= 0.3 is 0 Å². The number of carbonyl (C=O) groups excluding carboxylic acids is 1. The topological polar surface area (TPSA) is 41.6 Å². The second-order valence-corrected chi connectivity index (χ2v) is 6.29. The van der Waals surface area contributed by atoms with Gasteiger partial charge in [0.05, 0.1) is 7.11 Å². The molecule has 1 aromatic carbocycles. The molecular weight excluding hydrogens is 264 g/mol. The van der Waals surface area contributed by atoms with Gasteiger partial charge < -0.3 is 15.0 Å². The predicted octanol–water partition coefficient (Wildman–Crippen LogP) is 2.44. The number of carbonyl (C=O) groups is 1. The average molecular weight is 288 g/mol. The Kier molecular flexibility index (Phi) is 4.04. The van der Waals surface area contributed by atoms with Crippen molar-refractivity contribution in [1.82, 2.24) is 5.32 Å². The quantitative estimate of drug-likeness (QED) is 0.925. The standard InChI is InChI=1S/C17H24N2O2/c1-12-11-16(12)17(20)18-13-7-9-19(10-8-13)14-3-5-15(21-2)6-4-14/h3-6,12-13,16H,7-11H2,1-2H3,(H,18,20). The molecule has 1 aliphatic carbocycles. The van der Waals surface area contributed by atoms with E-state index in [0.29, 0.717) is 12.0 Å². The van der Waals surface area contributed by atoms with Gasteiger partial charge in [0.25, 0.3) is 0 Å². The summed E-state index contributed by atoms with van der Waals surface area (Å²) in [5.41, 5.74) is 1.23. The molecule has 1 amide bonds. The molecule has 114 valence electrons. The van der Waals surface area contributed by atoms with Crippen LogP contribution in [0.5, 0.6) is 5.75 Å². The van der Waals surface area contributed by atoms with Gasteiger partial charge in [-0.3, -0.25) is 4.79 Å². The highest BCUT2D eigenvalue weighted by Crippen LogP contribution is 2.38. The Balaban J connectivity index is 1.49. The number of nitrogens with zero attached hydrogens (tertiary/aromatic N) is 1. The molecule has 0 aromatic heterocycles. The molecule has 21 heavy (non-hydrogen) atoms. The second kappa shape index (κ2) is 5.96. The lowest BCUT2D eigenvalue weighted by molar-refractivity contribution is -0.123. The highest BCUT2D eigenvalue weighted by atomic mass is 16.5. The van der Waals surface area contributed by atoms with Crippen molar-refractivity contribution in [3.8, 4) is 5.75 Å². The van der Waals surface area contributed by atoms with Crippen LogP contribution in [0.15, 0.2) is 24.3 Å². The van der Waals surface area contributed by atoms with Crippen LogP contribution in [0.1, 0.15) is 26.2 Å². The SMILES string of the molecule is COc1ccc(N2CCC(NC(=O)C3CC3C)CC2)cc1. The van der Waals surface area contributed by atoms with E-state index < -0.39 is 0 Å². The second-order valence-electron chi connectivity index (χ2n) is 6.29. The molecule has 0 bridgehead atoms. The van der Waals surface area contributed by atoms with Gasteiger partial charge in [0.15, 0.2) is 0 Å². The molecule has 1 N–H and O–H groups in total. The number of benzene rings is 1. The monoisotopic (exact) mass is 288 g/mol. The van der Waals surface area contributed by atoms with E-state index in [4.69, 9.17) is 4.74 Å². The fraction of sp³-hybridized carbons (Fsp3) is 0.588. The Morgan fingerprint density at radius 1 is 1.24 bits per heavy atom. The molecule has 1 aliphatic heterocycles. The fourth-order valence-corrected chi connectivity index (χ4v) is 3.07. The van der Waals surface area contributed by atoms with E-state index in [-0.39, 0.29) is 11.8 Å². The predicted molar refractivity (Wildman–Crippen MR) is 83.6 cm³/mol. The van der Waals surface area contributed by atoms with E-state index in [1.165, 1.54) is 5.69 Å². The van der Waals surface area contributed by atoms with Crippen LogP contribution in [0.4, 0.5) is 5.69 Å². The molecule has 0 radical (unpaired) electrons. The lowest BCUT2D eigenvalue weighted by Crippen LogP contribution is -2.45. The molecule has 1 aromatic rings. The number of anilines is 1. The van der Waals surface area contributed by atoms with Crippen molar-refractivity contribution in [1.29, 1.82) is 0 Å². The van der Waals surface area contributed by atoms with Crippen LogP contribution in [0.25, 0.3) is 0 Å². The van der Waals surface area contributed by atoms with Crippen LogP contribution < -0.4 is 15.0 Å². The van der Waals surface area contributed by atoms with Gasteiger partial charge in [-0.2, -0.15) is 0 Å². The summed E-state index contributed by atoms with van der Waals surface area (Å²) in [5.74, 6) is 2.03. The average Bonchev–Trinajstić information content (AvgIpc) is 3.25. The van der Waals surface area contributed by atoms with E-state index in [1.54, 1.807) is 7.11 Å². The minimum Gasteiger partial charge on any atom is -0.497 e. The van der Waals surface area contributed by atoms with Crippen molar-refractivity contribution in [2.75, 3.05) is 25.1 Å². The zero-order chi connectivity index (χ0) is 14.8. The first-order chi connectivity index (χ1) is 10.2. The highest BCUT2D eigenvalue weighted by Gasteiger charge is 2.39. The van der Waals surface area contributed by atoms with E-state index in [9.17, 15) is 4.79 Å². The largest absolute Gasteiger partial charge is 0.497 e. The molecule has 2 unspecified atom stereocenters. The van der Waals surface area contributed by atoms with Gasteiger partial charge in [0, 0.05) is 30.7 Å². The van der Waals surface area contributed by atoms with E-state index in [2.05, 4.69) is 29.3 Å². The summed E-state index contributed by atoms with van der Waals surface area (Å²) in [7, 11) is 1.68. The van der Waals surface area contributed by atoms with Crippen molar-refractivity contribution in [3.63, 3.8) is 0 Å². The van der Waals surface area contributed by atoms with Crippen molar-refractivity contribution in [2.45, 2.75) is 32.2 Å². The molecule has 1 saturated carbocycles. The summed E-state index contributed by atoms with van der Waals surface area (Å²) in [4.78, 5) is 14.3. The van der Waals surface area contributed by atoms with Gasteiger partial charge in [-0.15, -0.1) is 0 Å². The third-order valence-electron chi connectivity index (χ3n) is 4.73. The number of amides is 1. The Morgan fingerprint density at radius 2 is 1.86 bits per heavy atom. The summed E-state index contributed by atoms with van der Waals surface area (Å²) >= 11 is 0. The Morgan fingerprint density at radius 3 is 2.38 bits per heavy atom. The molecule has 4 heteroatoms. The van der Waals surface area contributed by atoms with Crippen LogP contribution in [0.2, 0.25) is 0 Å². The molecule has 2 fully saturated rings. The number of piperidine rings is 1. The third-order valence-corrected chi connectivity index (χ3v) is 4.73. The van der Waals surface area contributed by atoms with E-state index >= 15 is 0 Å². The van der Waals surface area contributed by atoms with E-state index in [1.807, 2.05) is 12.1 Å². The normalized spacial score (nSPS) is 25.5. The van der Waals surface area contributed by atoms with Gasteiger partial charge in [-0.25, -0.2) is 0 Å². The molecule has 0 spiro atoms. The van der Waals surface area contributed by atoms with Crippen molar-refractivity contribution >= 4 is 11.6 Å². The summed E-state index contributed by atoms with van der Waals surface area (Å²) in [6.45, 7) is 4.14. The number of methoxy groups -OCH3 is 1. The number of ether oxygens (including phenoxy) is 1. The summed E-state index contributed by atoms with van der Waals surface area (Å²) < 4.78 is 5.19. The van der Waals surface area contributed by atoms with Gasteiger partial charge in [-0.1, -0.05) is 6.92 Å². The number of hydrogen-bond donors (Lipinski definition) is 1. The third kappa shape index (κ3) is 3.31. The van der Waals surface area contributed by atoms with Crippen LogP contribution >= 0.6 is 0 Å². The first-order valence-corrected chi connectivity index (χ1v) is 7.86. The number of hydrogen-bond acceptors (Lipinski definition) is 3. The minimum absolute atomic E-state index is 0.269. The van der Waals surface area contributed by atoms with Crippen LogP contribution in [-0.4, -0.2) is 32.1 Å². The van der Waals surface area contributed by atoms with Crippen LogP contribution in [-0.2, 0) is 4.79 Å². The lowest BCUT2D eigenvalue weighted by atomic mass is 10.0. The van der Waals surface area contributed by atoms with Gasteiger partial charge in [-0.05, 0) is 49.4 Å². The first kappa shape index (κ1) is 14.2. The molecule has 4 nitrogen and oxygen atoms in total. The van der Waals surface area contributed by atoms with Gasteiger partial charge in [0.1, 0.15) is 5.75 Å². The molecule has 1 heterocycles. The molecule has 1 saturated heterocycles. The maximum absolute atomic E-state index is 12.0. The first-order valence-electron chi connectivity index (χ1n) is 7.86. The highest BCUT2D eigenvalue weighted by molar-refractivity contribution is 5.81. The zero-order valence-electron chi connectivity index (χ0n) is 12.8. The minimum atomic E-state index is 0.269. The van der Waals surface area contributed by atoms with Crippen molar-refractivity contribution in [3.05, 3.63) is 24.3 Å².